The van der Waals surface area contributed by atoms with E-state index in [1.807, 2.05) is 11.6 Å². The van der Waals surface area contributed by atoms with Crippen LogP contribution in [-0.2, 0) is 29.1 Å². The highest BCUT2D eigenvalue weighted by molar-refractivity contribution is 7.91. The number of rotatable bonds is 9. The van der Waals surface area contributed by atoms with Crippen LogP contribution < -0.4 is 24.8 Å². The molecule has 4 amide bonds. The number of allylic oxidation sites excluding steroid dienone is 1. The molecule has 2 aliphatic carbocycles. The fraction of sp³-hybridized carbons (Fsp3) is 0.615. The second-order valence-electron chi connectivity index (χ2n) is 16.7. The number of nitrogens with one attached hydrogen (secondary N) is 3. The van der Waals surface area contributed by atoms with Crippen molar-refractivity contribution < 1.29 is 59.4 Å². The first-order chi connectivity index (χ1) is 27.5. The van der Waals surface area contributed by atoms with E-state index >= 15 is 0 Å². The number of aromatic nitrogens is 1. The van der Waals surface area contributed by atoms with E-state index in [-0.39, 0.29) is 49.2 Å². The van der Waals surface area contributed by atoms with Crippen LogP contribution in [0.4, 0.5) is 22.4 Å². The zero-order valence-corrected chi connectivity index (χ0v) is 34.7. The maximum absolute atomic E-state index is 14.7. The lowest BCUT2D eigenvalue weighted by atomic mass is 9.88. The minimum atomic E-state index is -4.94. The second-order valence-corrected chi connectivity index (χ2v) is 19.1. The van der Waals surface area contributed by atoms with E-state index in [0.29, 0.717) is 49.6 Å². The number of hydrogen-bond donors (Lipinski definition) is 3. The average molecular weight is 874 g/mol. The standard InChI is InChI=1S/C39H48ClF4N5O9S/c1-21-8-6-7-9-24-18-38(24,34(52)48-59(54,55)37(20-41)12-13-37)47-31(50)28-17-26(57-32-27-11-10-25(56-5)15-23(27)16-29(40)45-32)19-49(28)33(51)30(22(2)14-21)46-35(53)58-36(3,4)39(42,43)44/h7,9-11,15-16,21-22,24,26,28,30H,6,8,12-14,17-20H2,1-5H3,(H,46,53)(H,47,50)(H,48,52)/t21-,22-,24-,26-,28+,30+,38-/m1/s1. The van der Waals surface area contributed by atoms with Crippen molar-refractivity contribution in [2.45, 2.75) is 113 Å². The summed E-state index contributed by atoms with van der Waals surface area (Å²) in [5.41, 5.74) is -4.70. The highest BCUT2D eigenvalue weighted by Crippen LogP contribution is 2.48. The topological polar surface area (TPSA) is 182 Å². The van der Waals surface area contributed by atoms with Gasteiger partial charge in [0, 0.05) is 17.7 Å². The van der Waals surface area contributed by atoms with Gasteiger partial charge in [0.2, 0.25) is 33.3 Å². The van der Waals surface area contributed by atoms with E-state index in [2.05, 4.69) is 15.6 Å². The van der Waals surface area contributed by atoms with E-state index in [1.165, 1.54) is 7.11 Å². The summed E-state index contributed by atoms with van der Waals surface area (Å²) in [7, 11) is -2.99. The maximum atomic E-state index is 14.7. The highest BCUT2D eigenvalue weighted by atomic mass is 35.5. The molecule has 0 spiro atoms. The van der Waals surface area contributed by atoms with Gasteiger partial charge >= 0.3 is 12.3 Å². The Labute approximate surface area is 344 Å². The van der Waals surface area contributed by atoms with E-state index in [9.17, 15) is 45.2 Å². The Morgan fingerprint density at radius 3 is 2.47 bits per heavy atom. The molecule has 1 aromatic carbocycles. The summed E-state index contributed by atoms with van der Waals surface area (Å²) in [6.45, 7) is 3.40. The molecule has 2 aromatic rings. The fourth-order valence-electron chi connectivity index (χ4n) is 7.74. The number of pyridine rings is 1. The Morgan fingerprint density at radius 2 is 1.83 bits per heavy atom. The highest BCUT2D eigenvalue weighted by Gasteiger charge is 2.64. The molecule has 4 aliphatic rings. The quantitative estimate of drug-likeness (QED) is 0.165. The first-order valence-corrected chi connectivity index (χ1v) is 21.2. The van der Waals surface area contributed by atoms with E-state index in [4.69, 9.17) is 25.8 Å². The number of halogens is 5. The van der Waals surface area contributed by atoms with Crippen molar-refractivity contribution >= 4 is 56.2 Å². The van der Waals surface area contributed by atoms with Gasteiger partial charge in [-0.25, -0.2) is 22.6 Å². The van der Waals surface area contributed by atoms with Crippen molar-refractivity contribution in [2.75, 3.05) is 20.3 Å². The van der Waals surface area contributed by atoms with E-state index in [0.717, 1.165) is 4.90 Å². The number of amides is 4. The van der Waals surface area contributed by atoms with Gasteiger partial charge in [-0.15, -0.1) is 0 Å². The molecule has 1 aromatic heterocycles. The number of sulfonamides is 1. The number of alkyl halides is 4. The summed E-state index contributed by atoms with van der Waals surface area (Å²) in [6, 6.07) is 3.74. The molecule has 20 heteroatoms. The van der Waals surface area contributed by atoms with Gasteiger partial charge in [-0.2, -0.15) is 13.2 Å². The molecule has 3 heterocycles. The van der Waals surface area contributed by atoms with Crippen LogP contribution in [0.1, 0.15) is 72.6 Å². The number of benzene rings is 1. The largest absolute Gasteiger partial charge is 0.497 e. The lowest BCUT2D eigenvalue weighted by Crippen LogP contribution is -2.60. The Morgan fingerprint density at radius 1 is 1.12 bits per heavy atom. The molecule has 0 bridgehead atoms. The van der Waals surface area contributed by atoms with Gasteiger partial charge in [-0.05, 0) is 93.9 Å². The van der Waals surface area contributed by atoms with Crippen LogP contribution in [0.25, 0.3) is 10.8 Å². The minimum absolute atomic E-state index is 0.000695. The van der Waals surface area contributed by atoms with Crippen molar-refractivity contribution in [3.63, 3.8) is 0 Å². The lowest BCUT2D eigenvalue weighted by Gasteiger charge is -2.34. The molecule has 7 atom stereocenters. The number of nitrogens with zero attached hydrogens (tertiary/aromatic N) is 2. The summed E-state index contributed by atoms with van der Waals surface area (Å²) < 4.78 is 98.1. The van der Waals surface area contributed by atoms with Crippen LogP contribution in [0.2, 0.25) is 5.15 Å². The predicted molar refractivity (Wildman–Crippen MR) is 207 cm³/mol. The number of ether oxygens (including phenoxy) is 3. The number of hydrogen-bond acceptors (Lipinski definition) is 10. The SMILES string of the molecule is COc1ccc2c(O[C@@H]3C[C@H]4C(=O)N[C@]5(C(=O)NS(=O)(=O)C6(CF)CC6)C[C@H]5C=CCC[C@@H](C)C[C@@H](C)[C@H](NC(=O)OC(C)(C)C(F)(F)F)C(=O)N4C3)nc(Cl)cc2c1. The Hall–Kier alpha value is -4.39. The van der Waals surface area contributed by atoms with Gasteiger partial charge in [0.25, 0.3) is 5.91 Å². The first kappa shape index (κ1) is 44.2. The van der Waals surface area contributed by atoms with Crippen molar-refractivity contribution in [3.8, 4) is 11.6 Å². The molecular weight excluding hydrogens is 826 g/mol. The van der Waals surface area contributed by atoms with Gasteiger partial charge < -0.3 is 29.7 Å². The zero-order chi connectivity index (χ0) is 43.3. The van der Waals surface area contributed by atoms with Crippen molar-refractivity contribution in [3.05, 3.63) is 41.6 Å². The first-order valence-electron chi connectivity index (χ1n) is 19.3. The number of carbonyl (C=O) groups is 4. The van der Waals surface area contributed by atoms with Crippen LogP contribution in [-0.4, -0.2) is 103 Å². The summed E-state index contributed by atoms with van der Waals surface area (Å²) in [4.78, 5) is 61.7. The normalized spacial score (nSPS) is 28.6. The van der Waals surface area contributed by atoms with Gasteiger partial charge in [-0.3, -0.25) is 19.1 Å². The molecule has 14 nitrogen and oxygen atoms in total. The molecule has 0 unspecified atom stereocenters. The summed E-state index contributed by atoms with van der Waals surface area (Å²) >= 11 is 6.35. The van der Waals surface area contributed by atoms with Crippen LogP contribution in [0.15, 0.2) is 36.4 Å². The molecule has 1 saturated heterocycles. The predicted octanol–water partition coefficient (Wildman–Crippen LogP) is 5.52. The molecule has 2 saturated carbocycles. The van der Waals surface area contributed by atoms with Crippen molar-refractivity contribution in [1.29, 1.82) is 0 Å². The van der Waals surface area contributed by atoms with Gasteiger partial charge in [0.05, 0.1) is 13.7 Å². The van der Waals surface area contributed by atoms with Crippen molar-refractivity contribution in [1.82, 2.24) is 25.2 Å². The Balaban J connectivity index is 1.36. The van der Waals surface area contributed by atoms with Crippen LogP contribution in [0, 0.1) is 17.8 Å². The van der Waals surface area contributed by atoms with E-state index in [1.54, 1.807) is 43.3 Å². The molecule has 6 rings (SSSR count). The average Bonchev–Trinajstić information content (AvgIpc) is 4.05. The maximum Gasteiger partial charge on any atom is 0.427 e. The third-order valence-electron chi connectivity index (χ3n) is 11.8. The van der Waals surface area contributed by atoms with Crippen LogP contribution >= 0.6 is 11.6 Å². The monoisotopic (exact) mass is 873 g/mol. The third-order valence-corrected chi connectivity index (χ3v) is 14.1. The molecule has 3 fully saturated rings. The van der Waals surface area contributed by atoms with E-state index < -0.39 is 92.6 Å². The van der Waals surface area contributed by atoms with Gasteiger partial charge in [0.15, 0.2) is 0 Å². The van der Waals surface area contributed by atoms with Gasteiger partial charge in [-0.1, -0.05) is 37.6 Å². The number of alkyl carbamates (subject to hydrolysis) is 1. The molecule has 0 radical (unpaired) electrons. The summed E-state index contributed by atoms with van der Waals surface area (Å²) in [5.74, 6) is -3.62. The third kappa shape index (κ3) is 9.05. The molecule has 3 N–H and O–H groups in total. The minimum Gasteiger partial charge on any atom is -0.497 e. The number of methoxy groups -OCH3 is 1. The number of carbonyl (C=O) groups excluding carboxylic acids is 4. The summed E-state index contributed by atoms with van der Waals surface area (Å²) in [5, 5.41) is 6.22. The Kier molecular flexibility index (Phi) is 12.2. The van der Waals surface area contributed by atoms with Crippen molar-refractivity contribution in [2.24, 2.45) is 17.8 Å². The summed E-state index contributed by atoms with van der Waals surface area (Å²) in [6.07, 6.45) is -2.69. The molecular formula is C39H48ClF4N5O9S. The lowest BCUT2D eigenvalue weighted by molar-refractivity contribution is -0.244. The smallest absolute Gasteiger partial charge is 0.427 e. The number of fused-ring (bicyclic) bond motifs is 3. The fourth-order valence-corrected chi connectivity index (χ4v) is 9.36. The molecule has 59 heavy (non-hydrogen) atoms. The molecule has 324 valence electrons. The van der Waals surface area contributed by atoms with Gasteiger partial charge in [0.1, 0.15) is 46.1 Å². The van der Waals surface area contributed by atoms with Crippen LogP contribution in [0.3, 0.4) is 0 Å². The Bertz CT molecular complexity index is 2140. The molecule has 2 aliphatic heterocycles. The zero-order valence-electron chi connectivity index (χ0n) is 33.2. The second kappa shape index (κ2) is 16.2. The van der Waals surface area contributed by atoms with Crippen LogP contribution in [0.5, 0.6) is 11.6 Å².